The number of fused-ring (bicyclic) bond motifs is 1. The van der Waals surface area contributed by atoms with Crippen molar-refractivity contribution in [2.45, 2.75) is 53.0 Å². The normalized spacial score (nSPS) is 13.4. The van der Waals surface area contributed by atoms with Gasteiger partial charge in [0.15, 0.2) is 11.5 Å². The number of aryl methyl sites for hydroxylation is 4. The summed E-state index contributed by atoms with van der Waals surface area (Å²) in [6, 6.07) is 10.4. The molecule has 4 aromatic rings. The lowest BCUT2D eigenvalue weighted by molar-refractivity contribution is 0.102. The molecule has 8 nitrogen and oxygen atoms in total. The molecule has 0 saturated carbocycles. The third kappa shape index (κ3) is 4.09. The maximum absolute atomic E-state index is 14.8. The molecule has 0 radical (unpaired) electrons. The molecule has 1 amide bonds. The van der Waals surface area contributed by atoms with Gasteiger partial charge in [-0.25, -0.2) is 4.39 Å². The molecule has 0 aliphatic carbocycles. The third-order valence-corrected chi connectivity index (χ3v) is 6.14. The van der Waals surface area contributed by atoms with Gasteiger partial charge in [0.2, 0.25) is 0 Å². The van der Waals surface area contributed by atoms with E-state index in [0.717, 1.165) is 54.9 Å². The molecule has 0 atom stereocenters. The molecule has 1 aliphatic heterocycles. The molecule has 1 N–H and O–H groups in total. The van der Waals surface area contributed by atoms with Gasteiger partial charge in [-0.15, -0.1) is 15.3 Å². The standard InChI is InChI=1S/C25H26FN7O/c1-15-8-11-21(16(2)13-15)33-30-17(3)23(31-33)25(34)27-18-9-10-20(26)19(14-18)24-29-28-22-7-5-4-6-12-32(22)24/h8-11,13-14H,4-7,12H2,1-3H3,(H,27,34). The predicted octanol–water partition coefficient (Wildman–Crippen LogP) is 4.57. The Bertz CT molecular complexity index is 1390. The zero-order chi connectivity index (χ0) is 23.8. The average Bonchev–Trinajstić information content (AvgIpc) is 3.30. The Balaban J connectivity index is 1.42. The topological polar surface area (TPSA) is 90.5 Å². The number of amides is 1. The maximum atomic E-state index is 14.8. The van der Waals surface area contributed by atoms with Gasteiger partial charge in [-0.3, -0.25) is 4.79 Å². The highest BCUT2D eigenvalue weighted by Crippen LogP contribution is 2.28. The zero-order valence-electron chi connectivity index (χ0n) is 19.5. The van der Waals surface area contributed by atoms with Gasteiger partial charge in [0.1, 0.15) is 11.6 Å². The van der Waals surface area contributed by atoms with Crippen LogP contribution < -0.4 is 5.32 Å². The Morgan fingerprint density at radius 2 is 1.85 bits per heavy atom. The molecule has 1 aliphatic rings. The van der Waals surface area contributed by atoms with Crippen LogP contribution in [0.4, 0.5) is 10.1 Å². The highest BCUT2D eigenvalue weighted by Gasteiger charge is 2.21. The van der Waals surface area contributed by atoms with Crippen LogP contribution in [0, 0.1) is 26.6 Å². The summed E-state index contributed by atoms with van der Waals surface area (Å²) in [6.45, 7) is 6.50. The van der Waals surface area contributed by atoms with Gasteiger partial charge in [0, 0.05) is 18.7 Å². The SMILES string of the molecule is Cc1ccc(-n2nc(C)c(C(=O)Nc3ccc(F)c(-c4nnc5n4CCCCC5)c3)n2)c(C)c1. The first-order valence-electron chi connectivity index (χ1n) is 11.5. The fourth-order valence-corrected chi connectivity index (χ4v) is 4.38. The van der Waals surface area contributed by atoms with E-state index < -0.39 is 11.7 Å². The highest BCUT2D eigenvalue weighted by molar-refractivity contribution is 6.03. The molecule has 2 aromatic heterocycles. The number of benzene rings is 2. The number of rotatable bonds is 4. The molecular weight excluding hydrogens is 433 g/mol. The van der Waals surface area contributed by atoms with E-state index in [0.29, 0.717) is 22.8 Å². The van der Waals surface area contributed by atoms with Crippen LogP contribution in [-0.4, -0.2) is 35.7 Å². The molecule has 174 valence electrons. The molecule has 5 rings (SSSR count). The van der Waals surface area contributed by atoms with E-state index in [1.165, 1.54) is 16.9 Å². The fourth-order valence-electron chi connectivity index (χ4n) is 4.38. The summed E-state index contributed by atoms with van der Waals surface area (Å²) < 4.78 is 16.7. The minimum absolute atomic E-state index is 0.210. The Labute approximate surface area is 196 Å². The lowest BCUT2D eigenvalue weighted by Crippen LogP contribution is -2.14. The van der Waals surface area contributed by atoms with Gasteiger partial charge >= 0.3 is 0 Å². The van der Waals surface area contributed by atoms with Crippen molar-refractivity contribution in [2.75, 3.05) is 5.32 Å². The van der Waals surface area contributed by atoms with Crippen molar-refractivity contribution in [1.82, 2.24) is 29.8 Å². The molecular formula is C25H26FN7O. The van der Waals surface area contributed by atoms with E-state index in [1.807, 2.05) is 36.6 Å². The van der Waals surface area contributed by atoms with Crippen LogP contribution in [0.2, 0.25) is 0 Å². The minimum atomic E-state index is -0.411. The van der Waals surface area contributed by atoms with Crippen molar-refractivity contribution >= 4 is 11.6 Å². The van der Waals surface area contributed by atoms with Crippen LogP contribution in [0.25, 0.3) is 17.1 Å². The second kappa shape index (κ2) is 8.81. The van der Waals surface area contributed by atoms with Crippen LogP contribution in [0.1, 0.15) is 52.4 Å². The first kappa shape index (κ1) is 21.9. The lowest BCUT2D eigenvalue weighted by atomic mass is 10.1. The molecule has 0 fully saturated rings. The molecule has 34 heavy (non-hydrogen) atoms. The van der Waals surface area contributed by atoms with Gasteiger partial charge in [0.05, 0.1) is 16.9 Å². The van der Waals surface area contributed by atoms with Crippen molar-refractivity contribution in [2.24, 2.45) is 0 Å². The summed E-state index contributed by atoms with van der Waals surface area (Å²) in [5.41, 5.74) is 4.44. The van der Waals surface area contributed by atoms with E-state index in [-0.39, 0.29) is 5.69 Å². The number of hydrogen-bond acceptors (Lipinski definition) is 5. The lowest BCUT2D eigenvalue weighted by Gasteiger charge is -2.10. The van der Waals surface area contributed by atoms with Gasteiger partial charge in [-0.1, -0.05) is 24.1 Å². The fraction of sp³-hybridized carbons (Fsp3) is 0.320. The van der Waals surface area contributed by atoms with E-state index >= 15 is 0 Å². The number of carbonyl (C=O) groups is 1. The molecule has 0 saturated heterocycles. The van der Waals surface area contributed by atoms with E-state index in [2.05, 4.69) is 25.7 Å². The smallest absolute Gasteiger partial charge is 0.278 e. The van der Waals surface area contributed by atoms with Crippen LogP contribution in [0.3, 0.4) is 0 Å². The number of nitrogens with zero attached hydrogens (tertiary/aromatic N) is 6. The summed E-state index contributed by atoms with van der Waals surface area (Å²) >= 11 is 0. The van der Waals surface area contributed by atoms with E-state index in [1.54, 1.807) is 13.0 Å². The number of hydrogen-bond donors (Lipinski definition) is 1. The van der Waals surface area contributed by atoms with Crippen LogP contribution in [0.15, 0.2) is 36.4 Å². The van der Waals surface area contributed by atoms with Crippen molar-refractivity contribution < 1.29 is 9.18 Å². The zero-order valence-corrected chi connectivity index (χ0v) is 19.5. The molecule has 0 spiro atoms. The average molecular weight is 460 g/mol. The Morgan fingerprint density at radius 1 is 1.00 bits per heavy atom. The third-order valence-electron chi connectivity index (χ3n) is 6.14. The molecule has 2 aromatic carbocycles. The van der Waals surface area contributed by atoms with Crippen molar-refractivity contribution in [3.05, 3.63) is 70.6 Å². The number of halogens is 1. The van der Waals surface area contributed by atoms with Crippen molar-refractivity contribution in [3.8, 4) is 17.1 Å². The van der Waals surface area contributed by atoms with Crippen LogP contribution in [0.5, 0.6) is 0 Å². The Kier molecular flexibility index (Phi) is 5.69. The summed E-state index contributed by atoms with van der Waals surface area (Å²) in [4.78, 5) is 14.5. The monoisotopic (exact) mass is 459 g/mol. The second-order valence-electron chi connectivity index (χ2n) is 8.76. The number of anilines is 1. The number of nitrogens with one attached hydrogen (secondary N) is 1. The predicted molar refractivity (Wildman–Crippen MR) is 126 cm³/mol. The van der Waals surface area contributed by atoms with Crippen molar-refractivity contribution in [3.63, 3.8) is 0 Å². The highest BCUT2D eigenvalue weighted by atomic mass is 19.1. The van der Waals surface area contributed by atoms with Gasteiger partial charge in [-0.05, 0) is 63.4 Å². The Morgan fingerprint density at radius 3 is 2.68 bits per heavy atom. The summed E-state index contributed by atoms with van der Waals surface area (Å²) in [5.74, 6) is 0.544. The van der Waals surface area contributed by atoms with Gasteiger partial charge in [-0.2, -0.15) is 9.90 Å². The van der Waals surface area contributed by atoms with Crippen LogP contribution in [-0.2, 0) is 13.0 Å². The quantitative estimate of drug-likeness (QED) is 0.483. The molecule has 3 heterocycles. The molecule has 0 unspecified atom stereocenters. The summed E-state index contributed by atoms with van der Waals surface area (Å²) in [6.07, 6.45) is 4.01. The van der Waals surface area contributed by atoms with Crippen molar-refractivity contribution in [1.29, 1.82) is 0 Å². The van der Waals surface area contributed by atoms with E-state index in [4.69, 9.17) is 0 Å². The first-order valence-corrected chi connectivity index (χ1v) is 11.5. The first-order chi connectivity index (χ1) is 16.4. The summed E-state index contributed by atoms with van der Waals surface area (Å²) in [7, 11) is 0. The maximum Gasteiger partial charge on any atom is 0.278 e. The van der Waals surface area contributed by atoms with Crippen LogP contribution >= 0.6 is 0 Å². The minimum Gasteiger partial charge on any atom is -0.321 e. The van der Waals surface area contributed by atoms with Gasteiger partial charge < -0.3 is 9.88 Å². The molecule has 0 bridgehead atoms. The van der Waals surface area contributed by atoms with Gasteiger partial charge in [0.25, 0.3) is 5.91 Å². The Hall–Kier alpha value is -3.88. The molecule has 9 heteroatoms. The largest absolute Gasteiger partial charge is 0.321 e. The summed E-state index contributed by atoms with van der Waals surface area (Å²) in [5, 5.41) is 20.2. The number of carbonyl (C=O) groups excluding carboxylic acids is 1. The second-order valence-corrected chi connectivity index (χ2v) is 8.76. The van der Waals surface area contributed by atoms with E-state index in [9.17, 15) is 9.18 Å². The number of aromatic nitrogens is 6.